The number of hydrogen-bond acceptors (Lipinski definition) is 1. The van der Waals surface area contributed by atoms with Gasteiger partial charge in [-0.25, -0.2) is 0 Å². The lowest BCUT2D eigenvalue weighted by Crippen LogP contribution is -1.95. The molecule has 2 aromatic carbocycles. The summed E-state index contributed by atoms with van der Waals surface area (Å²) in [6.07, 6.45) is 0.811. The van der Waals surface area contributed by atoms with E-state index in [0.29, 0.717) is 0 Å². The summed E-state index contributed by atoms with van der Waals surface area (Å²) in [6.45, 7) is 0. The van der Waals surface area contributed by atoms with Crippen LogP contribution in [0.3, 0.4) is 0 Å². The van der Waals surface area contributed by atoms with Gasteiger partial charge in [0.2, 0.25) is 0 Å². The van der Waals surface area contributed by atoms with Crippen molar-refractivity contribution in [2.75, 3.05) is 5.33 Å². The van der Waals surface area contributed by atoms with E-state index in [1.165, 1.54) is 0 Å². The second-order valence-corrected chi connectivity index (χ2v) is 5.17. The molecule has 0 N–H and O–H groups in total. The van der Waals surface area contributed by atoms with E-state index < -0.39 is 0 Å². The first-order valence-corrected chi connectivity index (χ1v) is 7.26. The van der Waals surface area contributed by atoms with Gasteiger partial charge >= 0.3 is 0 Å². The fourth-order valence-electron chi connectivity index (χ4n) is 2.32. The lowest BCUT2D eigenvalue weighted by Gasteiger charge is -1.99. The summed E-state index contributed by atoms with van der Waals surface area (Å²) in [5.74, 6) is 6.27. The first kappa shape index (κ1) is 12.2. The second kappa shape index (κ2) is 5.03. The van der Waals surface area contributed by atoms with Crippen LogP contribution >= 0.6 is 15.9 Å². The standard InChI is InChI=1S/C17H11BrO/c18-10-4-3-5-12-8-9-14-13-6-1-2-7-15(13)17(19)16(14)11-12/h1-2,6-9,11H,4,10H2. The summed E-state index contributed by atoms with van der Waals surface area (Å²) in [5.41, 5.74) is 4.52. The second-order valence-electron chi connectivity index (χ2n) is 4.38. The van der Waals surface area contributed by atoms with Gasteiger partial charge in [0.1, 0.15) is 0 Å². The Morgan fingerprint density at radius 1 is 0.947 bits per heavy atom. The molecule has 0 heterocycles. The molecule has 0 saturated heterocycles. The van der Waals surface area contributed by atoms with Crippen LogP contribution in [-0.4, -0.2) is 11.1 Å². The van der Waals surface area contributed by atoms with E-state index in [-0.39, 0.29) is 5.78 Å². The van der Waals surface area contributed by atoms with Crippen LogP contribution in [0.2, 0.25) is 0 Å². The first-order valence-electron chi connectivity index (χ1n) is 6.14. The minimum atomic E-state index is 0.106. The molecule has 1 nitrogen and oxygen atoms in total. The molecule has 1 aliphatic carbocycles. The molecule has 0 spiro atoms. The molecule has 0 amide bonds. The topological polar surface area (TPSA) is 17.1 Å². The zero-order valence-electron chi connectivity index (χ0n) is 10.2. The number of rotatable bonds is 1. The molecular formula is C17H11BrO. The van der Waals surface area contributed by atoms with Gasteiger partial charge < -0.3 is 0 Å². The van der Waals surface area contributed by atoms with E-state index in [0.717, 1.165) is 39.6 Å². The van der Waals surface area contributed by atoms with Gasteiger partial charge in [0, 0.05) is 28.4 Å². The van der Waals surface area contributed by atoms with Gasteiger partial charge in [0.15, 0.2) is 5.78 Å². The highest BCUT2D eigenvalue weighted by Crippen LogP contribution is 2.36. The lowest BCUT2D eigenvalue weighted by atomic mass is 10.0. The van der Waals surface area contributed by atoms with Gasteiger partial charge in [0.05, 0.1) is 0 Å². The third-order valence-corrected chi connectivity index (χ3v) is 3.57. The van der Waals surface area contributed by atoms with E-state index in [1.54, 1.807) is 0 Å². The average molecular weight is 311 g/mol. The van der Waals surface area contributed by atoms with Crippen LogP contribution in [0.1, 0.15) is 27.9 Å². The molecule has 3 rings (SSSR count). The molecular weight excluding hydrogens is 300 g/mol. The Morgan fingerprint density at radius 3 is 2.47 bits per heavy atom. The fourth-order valence-corrected chi connectivity index (χ4v) is 2.52. The Morgan fingerprint density at radius 2 is 1.68 bits per heavy atom. The van der Waals surface area contributed by atoms with Crippen molar-refractivity contribution in [2.24, 2.45) is 0 Å². The number of fused-ring (bicyclic) bond motifs is 3. The van der Waals surface area contributed by atoms with Crippen molar-refractivity contribution in [3.63, 3.8) is 0 Å². The molecule has 0 aromatic heterocycles. The number of benzene rings is 2. The zero-order valence-corrected chi connectivity index (χ0v) is 11.8. The minimum absolute atomic E-state index is 0.106. The molecule has 0 aliphatic heterocycles. The third kappa shape index (κ3) is 2.11. The van der Waals surface area contributed by atoms with Gasteiger partial charge in [-0.15, -0.1) is 0 Å². The Hall–Kier alpha value is -1.85. The molecule has 2 heteroatoms. The summed E-state index contributed by atoms with van der Waals surface area (Å²) in [7, 11) is 0. The molecule has 1 aliphatic rings. The van der Waals surface area contributed by atoms with Crippen molar-refractivity contribution in [1.29, 1.82) is 0 Å². The van der Waals surface area contributed by atoms with Gasteiger partial charge in [-0.3, -0.25) is 4.79 Å². The van der Waals surface area contributed by atoms with E-state index in [1.807, 2.05) is 42.5 Å². The van der Waals surface area contributed by atoms with E-state index in [2.05, 4.69) is 27.8 Å². The van der Waals surface area contributed by atoms with Crippen LogP contribution in [0.5, 0.6) is 0 Å². The highest BCUT2D eigenvalue weighted by molar-refractivity contribution is 9.09. The Bertz CT molecular complexity index is 720. The molecule has 0 fully saturated rings. The quantitative estimate of drug-likeness (QED) is 0.490. The van der Waals surface area contributed by atoms with Crippen molar-refractivity contribution in [1.82, 2.24) is 0 Å². The summed E-state index contributed by atoms with van der Waals surface area (Å²) in [6, 6.07) is 13.6. The Kier molecular flexibility index (Phi) is 3.23. The molecule has 2 aromatic rings. The van der Waals surface area contributed by atoms with Crippen LogP contribution in [-0.2, 0) is 0 Å². The van der Waals surface area contributed by atoms with Crippen LogP contribution in [0.4, 0.5) is 0 Å². The highest BCUT2D eigenvalue weighted by atomic mass is 79.9. The van der Waals surface area contributed by atoms with Crippen molar-refractivity contribution in [3.8, 4) is 23.0 Å². The van der Waals surface area contributed by atoms with Gasteiger partial charge in [-0.2, -0.15) is 0 Å². The lowest BCUT2D eigenvalue weighted by molar-refractivity contribution is 0.104. The number of carbonyl (C=O) groups is 1. The van der Waals surface area contributed by atoms with E-state index in [4.69, 9.17) is 0 Å². The largest absolute Gasteiger partial charge is 0.289 e. The predicted octanol–water partition coefficient (Wildman–Crippen LogP) is 4.03. The monoisotopic (exact) mass is 310 g/mol. The number of carbonyl (C=O) groups excluding carboxylic acids is 1. The first-order chi connectivity index (χ1) is 9.31. The molecule has 19 heavy (non-hydrogen) atoms. The van der Waals surface area contributed by atoms with E-state index in [9.17, 15) is 4.79 Å². The van der Waals surface area contributed by atoms with Gasteiger partial charge in [-0.1, -0.05) is 58.1 Å². The summed E-state index contributed by atoms with van der Waals surface area (Å²) in [5, 5.41) is 0.870. The van der Waals surface area contributed by atoms with Crippen LogP contribution in [0, 0.1) is 11.8 Å². The SMILES string of the molecule is O=C1c2ccccc2-c2ccc(C#CCCBr)cc21. The van der Waals surface area contributed by atoms with Crippen LogP contribution in [0.15, 0.2) is 42.5 Å². The van der Waals surface area contributed by atoms with Crippen LogP contribution in [0.25, 0.3) is 11.1 Å². The third-order valence-electron chi connectivity index (χ3n) is 3.18. The van der Waals surface area contributed by atoms with Crippen molar-refractivity contribution < 1.29 is 4.79 Å². The highest BCUT2D eigenvalue weighted by Gasteiger charge is 2.25. The summed E-state index contributed by atoms with van der Waals surface area (Å²) >= 11 is 3.35. The van der Waals surface area contributed by atoms with Crippen molar-refractivity contribution >= 4 is 21.7 Å². The maximum Gasteiger partial charge on any atom is 0.194 e. The number of hydrogen-bond donors (Lipinski definition) is 0. The molecule has 0 atom stereocenters. The number of ketones is 1. The minimum Gasteiger partial charge on any atom is -0.289 e. The molecule has 0 saturated carbocycles. The predicted molar refractivity (Wildman–Crippen MR) is 80.6 cm³/mol. The van der Waals surface area contributed by atoms with Crippen LogP contribution < -0.4 is 0 Å². The normalized spacial score (nSPS) is 11.5. The van der Waals surface area contributed by atoms with E-state index >= 15 is 0 Å². The maximum atomic E-state index is 12.3. The zero-order chi connectivity index (χ0) is 13.2. The number of alkyl halides is 1. The molecule has 0 bridgehead atoms. The van der Waals surface area contributed by atoms with Gasteiger partial charge in [0.25, 0.3) is 0 Å². The Balaban J connectivity index is 2.06. The van der Waals surface area contributed by atoms with Crippen molar-refractivity contribution in [2.45, 2.75) is 6.42 Å². The average Bonchev–Trinajstić information content (AvgIpc) is 2.73. The molecule has 92 valence electrons. The smallest absolute Gasteiger partial charge is 0.194 e. The molecule has 0 radical (unpaired) electrons. The number of halogens is 1. The van der Waals surface area contributed by atoms with Gasteiger partial charge in [-0.05, 0) is 23.3 Å². The van der Waals surface area contributed by atoms with Crippen molar-refractivity contribution in [3.05, 3.63) is 59.2 Å². The summed E-state index contributed by atoms with van der Waals surface area (Å²) < 4.78 is 0. The maximum absolute atomic E-state index is 12.3. The molecule has 0 unspecified atom stereocenters. The Labute approximate surface area is 120 Å². The summed E-state index contributed by atoms with van der Waals surface area (Å²) in [4.78, 5) is 12.3. The fraction of sp³-hybridized carbons (Fsp3) is 0.118.